The predicted octanol–water partition coefficient (Wildman–Crippen LogP) is 7.16. The molecule has 2 aromatic heterocycles. The van der Waals surface area contributed by atoms with Gasteiger partial charge in [0, 0.05) is 29.5 Å². The fraction of sp³-hybridized carbons (Fsp3) is 0.125. The van der Waals surface area contributed by atoms with Crippen LogP contribution < -0.4 is 19.7 Å². The second-order valence-corrected chi connectivity index (χ2v) is 9.80. The largest absolute Gasteiger partial charge is 0.497 e. The highest BCUT2D eigenvalue weighted by molar-refractivity contribution is 7.80. The van der Waals surface area contributed by atoms with E-state index >= 15 is 0 Å². The third-order valence-electron chi connectivity index (χ3n) is 6.87. The molecule has 0 amide bonds. The summed E-state index contributed by atoms with van der Waals surface area (Å²) in [5.41, 5.74) is 5.33. The molecule has 3 heterocycles. The molecule has 0 saturated carbocycles. The Balaban J connectivity index is 1.37. The molecule has 2 atom stereocenters. The number of aryl methyl sites for hydroxylation is 1. The van der Waals surface area contributed by atoms with Crippen LogP contribution in [0.3, 0.4) is 0 Å². The first-order chi connectivity index (χ1) is 19.1. The second-order valence-electron chi connectivity index (χ2n) is 9.41. The van der Waals surface area contributed by atoms with Crippen molar-refractivity contribution in [3.05, 3.63) is 132 Å². The average molecular weight is 533 g/mol. The van der Waals surface area contributed by atoms with E-state index in [1.165, 1.54) is 5.56 Å². The number of anilines is 1. The van der Waals surface area contributed by atoms with Crippen LogP contribution in [-0.4, -0.2) is 21.8 Å². The molecular weight excluding hydrogens is 504 g/mol. The standard InChI is InChI=1S/C32H28N4O2S/c1-22-7-5-8-24(21-22)35-20-6-10-29(35)31-30(28-9-3-4-19-33-28)34-32(39)36(31)23-11-13-26(14-12-23)38-27-17-15-25(37-2)16-18-27/h3-21,30-31H,1-2H3,(H,34,39). The van der Waals surface area contributed by atoms with E-state index in [2.05, 4.69) is 69.3 Å². The SMILES string of the molecule is COc1ccc(Oc2ccc(N3C(=S)NC(c4ccccn4)C3c3cccn3-c3cccc(C)c3)cc2)cc1. The van der Waals surface area contributed by atoms with Gasteiger partial charge in [0.1, 0.15) is 23.3 Å². The molecule has 6 rings (SSSR count). The summed E-state index contributed by atoms with van der Waals surface area (Å²) in [6.07, 6.45) is 3.93. The van der Waals surface area contributed by atoms with Gasteiger partial charge < -0.3 is 24.3 Å². The Morgan fingerprint density at radius 2 is 1.54 bits per heavy atom. The number of ether oxygens (including phenoxy) is 2. The molecule has 1 N–H and O–H groups in total. The Morgan fingerprint density at radius 1 is 0.795 bits per heavy atom. The van der Waals surface area contributed by atoms with Crippen LogP contribution in [-0.2, 0) is 0 Å². The van der Waals surface area contributed by atoms with Crippen molar-refractivity contribution in [3.63, 3.8) is 0 Å². The molecule has 5 aromatic rings. The molecule has 194 valence electrons. The van der Waals surface area contributed by atoms with Crippen LogP contribution in [0.5, 0.6) is 17.2 Å². The summed E-state index contributed by atoms with van der Waals surface area (Å²) in [6, 6.07) is 34.0. The Morgan fingerprint density at radius 3 is 2.23 bits per heavy atom. The fourth-order valence-electron chi connectivity index (χ4n) is 5.04. The van der Waals surface area contributed by atoms with Crippen molar-refractivity contribution in [2.24, 2.45) is 0 Å². The number of pyridine rings is 1. The maximum Gasteiger partial charge on any atom is 0.174 e. The van der Waals surface area contributed by atoms with Crippen LogP contribution in [0.4, 0.5) is 5.69 Å². The number of aromatic nitrogens is 2. The summed E-state index contributed by atoms with van der Waals surface area (Å²) in [5.74, 6) is 2.27. The molecule has 3 aromatic carbocycles. The highest BCUT2D eigenvalue weighted by atomic mass is 32.1. The fourth-order valence-corrected chi connectivity index (χ4v) is 5.38. The van der Waals surface area contributed by atoms with Crippen molar-refractivity contribution in [2.75, 3.05) is 12.0 Å². The van der Waals surface area contributed by atoms with E-state index in [1.54, 1.807) is 7.11 Å². The number of hydrogen-bond acceptors (Lipinski definition) is 4. The topological polar surface area (TPSA) is 51.6 Å². The van der Waals surface area contributed by atoms with Crippen molar-refractivity contribution < 1.29 is 9.47 Å². The molecule has 1 fully saturated rings. The van der Waals surface area contributed by atoms with E-state index in [1.807, 2.05) is 72.9 Å². The lowest BCUT2D eigenvalue weighted by molar-refractivity contribution is 0.413. The molecule has 6 nitrogen and oxygen atoms in total. The lowest BCUT2D eigenvalue weighted by atomic mass is 10.0. The Labute approximate surface area is 233 Å². The van der Waals surface area contributed by atoms with Gasteiger partial charge in [0.05, 0.1) is 18.8 Å². The van der Waals surface area contributed by atoms with Crippen LogP contribution in [0.15, 0.2) is 116 Å². The van der Waals surface area contributed by atoms with E-state index in [4.69, 9.17) is 21.7 Å². The second kappa shape index (κ2) is 10.6. The van der Waals surface area contributed by atoms with Crippen LogP contribution >= 0.6 is 12.2 Å². The first-order valence-corrected chi connectivity index (χ1v) is 13.2. The Hall–Kier alpha value is -4.62. The molecule has 2 unspecified atom stereocenters. The minimum atomic E-state index is -0.132. The number of thiocarbonyl (C=S) groups is 1. The van der Waals surface area contributed by atoms with Crippen molar-refractivity contribution >= 4 is 23.0 Å². The molecular formula is C32H28N4O2S. The maximum atomic E-state index is 6.06. The summed E-state index contributed by atoms with van der Waals surface area (Å²) in [7, 11) is 1.65. The van der Waals surface area contributed by atoms with E-state index in [0.29, 0.717) is 5.11 Å². The molecule has 1 aliphatic heterocycles. The number of nitrogens with zero attached hydrogens (tertiary/aromatic N) is 3. The van der Waals surface area contributed by atoms with Crippen LogP contribution in [0.25, 0.3) is 5.69 Å². The van der Waals surface area contributed by atoms with Gasteiger partial charge in [0.2, 0.25) is 0 Å². The smallest absolute Gasteiger partial charge is 0.174 e. The molecule has 0 spiro atoms. The van der Waals surface area contributed by atoms with Gasteiger partial charge in [-0.1, -0.05) is 18.2 Å². The molecule has 0 aliphatic carbocycles. The summed E-state index contributed by atoms with van der Waals surface area (Å²) < 4.78 is 13.5. The lowest BCUT2D eigenvalue weighted by Gasteiger charge is -2.29. The molecule has 0 bridgehead atoms. The van der Waals surface area contributed by atoms with Crippen molar-refractivity contribution in [3.8, 4) is 22.9 Å². The highest BCUT2D eigenvalue weighted by Gasteiger charge is 2.42. The number of hydrogen-bond donors (Lipinski definition) is 1. The Bertz CT molecular complexity index is 1580. The van der Waals surface area contributed by atoms with Crippen molar-refractivity contribution in [2.45, 2.75) is 19.0 Å². The molecule has 39 heavy (non-hydrogen) atoms. The predicted molar refractivity (Wildman–Crippen MR) is 158 cm³/mol. The molecule has 7 heteroatoms. The van der Waals surface area contributed by atoms with Crippen LogP contribution in [0, 0.1) is 6.92 Å². The van der Waals surface area contributed by atoms with Gasteiger partial charge in [0.15, 0.2) is 5.11 Å². The van der Waals surface area contributed by atoms with E-state index in [-0.39, 0.29) is 12.1 Å². The third kappa shape index (κ3) is 4.96. The zero-order valence-electron chi connectivity index (χ0n) is 21.7. The van der Waals surface area contributed by atoms with Gasteiger partial charge >= 0.3 is 0 Å². The van der Waals surface area contributed by atoms with Crippen LogP contribution in [0.2, 0.25) is 0 Å². The number of benzene rings is 3. The van der Waals surface area contributed by atoms with E-state index < -0.39 is 0 Å². The first-order valence-electron chi connectivity index (χ1n) is 12.8. The normalized spacial score (nSPS) is 16.7. The minimum Gasteiger partial charge on any atom is -0.497 e. The molecule has 1 saturated heterocycles. The van der Waals surface area contributed by atoms with Gasteiger partial charge in [-0.15, -0.1) is 0 Å². The highest BCUT2D eigenvalue weighted by Crippen LogP contribution is 2.42. The van der Waals surface area contributed by atoms with Crippen molar-refractivity contribution in [1.29, 1.82) is 0 Å². The maximum absolute atomic E-state index is 6.06. The van der Waals surface area contributed by atoms with Gasteiger partial charge in [-0.3, -0.25) is 4.98 Å². The summed E-state index contributed by atoms with van der Waals surface area (Å²) >= 11 is 5.93. The van der Waals surface area contributed by atoms with E-state index in [0.717, 1.165) is 40.0 Å². The summed E-state index contributed by atoms with van der Waals surface area (Å²) in [5, 5.41) is 4.20. The van der Waals surface area contributed by atoms with Gasteiger partial charge in [-0.05, 0) is 110 Å². The first kappa shape index (κ1) is 24.7. The third-order valence-corrected chi connectivity index (χ3v) is 7.19. The number of rotatable bonds is 7. The monoisotopic (exact) mass is 532 g/mol. The number of nitrogens with one attached hydrogen (secondary N) is 1. The zero-order valence-corrected chi connectivity index (χ0v) is 22.5. The average Bonchev–Trinajstić information content (AvgIpc) is 3.59. The van der Waals surface area contributed by atoms with E-state index in [9.17, 15) is 0 Å². The molecule has 1 aliphatic rings. The summed E-state index contributed by atoms with van der Waals surface area (Å²) in [6.45, 7) is 2.11. The quantitative estimate of drug-likeness (QED) is 0.225. The van der Waals surface area contributed by atoms with Crippen molar-refractivity contribution in [1.82, 2.24) is 14.9 Å². The zero-order chi connectivity index (χ0) is 26.8. The van der Waals surface area contributed by atoms with Crippen LogP contribution in [0.1, 0.15) is 29.0 Å². The van der Waals surface area contributed by atoms with Gasteiger partial charge in [0.25, 0.3) is 0 Å². The van der Waals surface area contributed by atoms with Gasteiger partial charge in [-0.2, -0.15) is 0 Å². The van der Waals surface area contributed by atoms with Gasteiger partial charge in [-0.25, -0.2) is 0 Å². The molecule has 0 radical (unpaired) electrons. The summed E-state index contributed by atoms with van der Waals surface area (Å²) in [4.78, 5) is 6.86. The number of methoxy groups -OCH3 is 1. The minimum absolute atomic E-state index is 0.128. The lowest BCUT2D eigenvalue weighted by Crippen LogP contribution is -2.30. The Kier molecular flexibility index (Phi) is 6.73.